The molecule has 2 fully saturated rings. The first kappa shape index (κ1) is 12.8. The lowest BCUT2D eigenvalue weighted by Crippen LogP contribution is -2.37. The molecule has 16 heavy (non-hydrogen) atoms. The summed E-state index contributed by atoms with van der Waals surface area (Å²) in [5, 5.41) is 3.77. The highest BCUT2D eigenvalue weighted by Gasteiger charge is 2.27. The summed E-state index contributed by atoms with van der Waals surface area (Å²) in [4.78, 5) is 0. The summed E-state index contributed by atoms with van der Waals surface area (Å²) in [5.74, 6) is 4.84. The Labute approximate surface area is 105 Å². The predicted octanol–water partition coefficient (Wildman–Crippen LogP) is 3.69. The Morgan fingerprint density at radius 3 is 2.44 bits per heavy atom. The second-order valence-corrected chi connectivity index (χ2v) is 6.72. The molecule has 0 amide bonds. The third-order valence-corrected chi connectivity index (χ3v) is 5.41. The summed E-state index contributed by atoms with van der Waals surface area (Å²) in [7, 11) is 0. The maximum atomic E-state index is 3.77. The van der Waals surface area contributed by atoms with Gasteiger partial charge < -0.3 is 5.32 Å². The van der Waals surface area contributed by atoms with Crippen LogP contribution in [-0.4, -0.2) is 24.1 Å². The maximum absolute atomic E-state index is 3.77. The number of thioether (sulfide) groups is 1. The van der Waals surface area contributed by atoms with E-state index in [4.69, 9.17) is 0 Å². The highest BCUT2D eigenvalue weighted by Crippen LogP contribution is 2.33. The molecule has 0 aromatic heterocycles. The fourth-order valence-electron chi connectivity index (χ4n) is 3.41. The molecule has 1 atom stereocenters. The molecule has 1 heterocycles. The van der Waals surface area contributed by atoms with E-state index in [1.54, 1.807) is 0 Å². The second kappa shape index (κ2) is 6.90. The molecule has 2 rings (SSSR count). The van der Waals surface area contributed by atoms with Crippen LogP contribution in [0.3, 0.4) is 0 Å². The molecule has 1 aliphatic carbocycles. The minimum atomic E-state index is 0.834. The van der Waals surface area contributed by atoms with Gasteiger partial charge in [0.15, 0.2) is 0 Å². The van der Waals surface area contributed by atoms with Crippen molar-refractivity contribution in [2.75, 3.05) is 18.1 Å². The molecular weight excluding hydrogens is 214 g/mol. The van der Waals surface area contributed by atoms with Gasteiger partial charge in [-0.1, -0.05) is 19.8 Å². The maximum Gasteiger partial charge on any atom is 0.00978 e. The van der Waals surface area contributed by atoms with Gasteiger partial charge in [-0.25, -0.2) is 0 Å². The quantitative estimate of drug-likeness (QED) is 0.788. The molecule has 2 aliphatic rings. The van der Waals surface area contributed by atoms with E-state index < -0.39 is 0 Å². The monoisotopic (exact) mass is 241 g/mol. The summed E-state index contributed by atoms with van der Waals surface area (Å²) >= 11 is 2.15. The van der Waals surface area contributed by atoms with Crippen LogP contribution in [0.15, 0.2) is 0 Å². The van der Waals surface area contributed by atoms with Crippen molar-refractivity contribution in [1.82, 2.24) is 5.32 Å². The van der Waals surface area contributed by atoms with Crippen LogP contribution in [0.5, 0.6) is 0 Å². The fraction of sp³-hybridized carbons (Fsp3) is 1.00. The van der Waals surface area contributed by atoms with Gasteiger partial charge >= 0.3 is 0 Å². The SMILES string of the molecule is CCNC(CC1CCSCC1)C1CCCC1. The van der Waals surface area contributed by atoms with Crippen LogP contribution in [0, 0.1) is 11.8 Å². The van der Waals surface area contributed by atoms with Crippen LogP contribution in [0.2, 0.25) is 0 Å². The second-order valence-electron chi connectivity index (χ2n) is 5.50. The van der Waals surface area contributed by atoms with Crippen molar-refractivity contribution in [2.24, 2.45) is 11.8 Å². The average Bonchev–Trinajstić information content (AvgIpc) is 2.83. The lowest BCUT2D eigenvalue weighted by Gasteiger charge is -2.30. The first-order valence-corrected chi connectivity index (χ1v) is 8.36. The minimum Gasteiger partial charge on any atom is -0.314 e. The molecule has 0 aromatic carbocycles. The molecule has 1 unspecified atom stereocenters. The summed E-state index contributed by atoms with van der Waals surface area (Å²) in [5.41, 5.74) is 0. The van der Waals surface area contributed by atoms with E-state index in [1.165, 1.54) is 56.5 Å². The van der Waals surface area contributed by atoms with Gasteiger partial charge in [0.25, 0.3) is 0 Å². The van der Waals surface area contributed by atoms with E-state index in [0.717, 1.165) is 24.4 Å². The van der Waals surface area contributed by atoms with Gasteiger partial charge in [0, 0.05) is 6.04 Å². The normalized spacial score (nSPS) is 26.1. The van der Waals surface area contributed by atoms with E-state index in [-0.39, 0.29) is 0 Å². The zero-order chi connectivity index (χ0) is 11.2. The Balaban J connectivity index is 1.80. The van der Waals surface area contributed by atoms with Crippen LogP contribution in [0.4, 0.5) is 0 Å². The highest BCUT2D eigenvalue weighted by atomic mass is 32.2. The first-order chi connectivity index (χ1) is 7.90. The van der Waals surface area contributed by atoms with Gasteiger partial charge in [-0.2, -0.15) is 11.8 Å². The van der Waals surface area contributed by atoms with Crippen LogP contribution in [-0.2, 0) is 0 Å². The number of nitrogens with one attached hydrogen (secondary N) is 1. The Morgan fingerprint density at radius 1 is 1.12 bits per heavy atom. The highest BCUT2D eigenvalue weighted by molar-refractivity contribution is 7.99. The number of hydrogen-bond donors (Lipinski definition) is 1. The molecule has 1 nitrogen and oxygen atoms in total. The average molecular weight is 241 g/mol. The number of hydrogen-bond acceptors (Lipinski definition) is 2. The van der Waals surface area contributed by atoms with Crippen LogP contribution in [0.1, 0.15) is 51.9 Å². The summed E-state index contributed by atoms with van der Waals surface area (Å²) in [6, 6.07) is 0.834. The minimum absolute atomic E-state index is 0.834. The van der Waals surface area contributed by atoms with Gasteiger partial charge in [0.2, 0.25) is 0 Å². The Kier molecular flexibility index (Phi) is 5.51. The molecule has 1 N–H and O–H groups in total. The van der Waals surface area contributed by atoms with Gasteiger partial charge in [-0.3, -0.25) is 0 Å². The van der Waals surface area contributed by atoms with E-state index >= 15 is 0 Å². The molecule has 1 aliphatic heterocycles. The first-order valence-electron chi connectivity index (χ1n) is 7.21. The molecule has 0 aromatic rings. The topological polar surface area (TPSA) is 12.0 Å². The Morgan fingerprint density at radius 2 is 1.81 bits per heavy atom. The molecule has 1 saturated carbocycles. The molecule has 2 heteroatoms. The van der Waals surface area contributed by atoms with Gasteiger partial charge in [-0.15, -0.1) is 0 Å². The lowest BCUT2D eigenvalue weighted by molar-refractivity contribution is 0.287. The zero-order valence-corrected chi connectivity index (χ0v) is 11.5. The van der Waals surface area contributed by atoms with E-state index in [1.807, 2.05) is 0 Å². The van der Waals surface area contributed by atoms with Gasteiger partial charge in [-0.05, 0) is 62.0 Å². The van der Waals surface area contributed by atoms with Crippen molar-refractivity contribution in [2.45, 2.75) is 57.9 Å². The molecule has 1 saturated heterocycles. The fourth-order valence-corrected chi connectivity index (χ4v) is 4.61. The standard InChI is InChI=1S/C14H27NS/c1-2-15-14(13-5-3-4-6-13)11-12-7-9-16-10-8-12/h12-15H,2-11H2,1H3. The summed E-state index contributed by atoms with van der Waals surface area (Å²) in [6.07, 6.45) is 10.3. The van der Waals surface area contributed by atoms with Crippen molar-refractivity contribution in [1.29, 1.82) is 0 Å². The summed E-state index contributed by atoms with van der Waals surface area (Å²) in [6.45, 7) is 3.42. The largest absolute Gasteiger partial charge is 0.314 e. The molecule has 94 valence electrons. The smallest absolute Gasteiger partial charge is 0.00978 e. The van der Waals surface area contributed by atoms with E-state index in [9.17, 15) is 0 Å². The third kappa shape index (κ3) is 3.66. The third-order valence-electron chi connectivity index (χ3n) is 4.36. The van der Waals surface area contributed by atoms with Crippen LogP contribution < -0.4 is 5.32 Å². The van der Waals surface area contributed by atoms with Gasteiger partial charge in [0.05, 0.1) is 0 Å². The van der Waals surface area contributed by atoms with Crippen molar-refractivity contribution in [3.05, 3.63) is 0 Å². The molecule has 0 radical (unpaired) electrons. The predicted molar refractivity (Wildman–Crippen MR) is 74.1 cm³/mol. The Hall–Kier alpha value is 0.310. The summed E-state index contributed by atoms with van der Waals surface area (Å²) < 4.78 is 0. The van der Waals surface area contributed by atoms with Gasteiger partial charge in [0.1, 0.15) is 0 Å². The van der Waals surface area contributed by atoms with Crippen LogP contribution >= 0.6 is 11.8 Å². The van der Waals surface area contributed by atoms with E-state index in [2.05, 4.69) is 24.0 Å². The molecule has 0 bridgehead atoms. The van der Waals surface area contributed by atoms with E-state index in [0.29, 0.717) is 0 Å². The van der Waals surface area contributed by atoms with Crippen molar-refractivity contribution < 1.29 is 0 Å². The lowest BCUT2D eigenvalue weighted by atomic mass is 9.86. The number of rotatable bonds is 5. The Bertz CT molecular complexity index is 183. The van der Waals surface area contributed by atoms with Crippen molar-refractivity contribution >= 4 is 11.8 Å². The zero-order valence-electron chi connectivity index (χ0n) is 10.7. The molecule has 0 spiro atoms. The van der Waals surface area contributed by atoms with Crippen molar-refractivity contribution in [3.8, 4) is 0 Å². The van der Waals surface area contributed by atoms with Crippen LogP contribution in [0.25, 0.3) is 0 Å². The molecular formula is C14H27NS. The van der Waals surface area contributed by atoms with Crippen molar-refractivity contribution in [3.63, 3.8) is 0 Å².